The van der Waals surface area contributed by atoms with Gasteiger partial charge < -0.3 is 9.80 Å². The molecule has 0 saturated carbocycles. The first-order valence-corrected chi connectivity index (χ1v) is 12.3. The van der Waals surface area contributed by atoms with Gasteiger partial charge in [-0.15, -0.1) is 0 Å². The van der Waals surface area contributed by atoms with Crippen LogP contribution < -0.4 is 0 Å². The summed E-state index contributed by atoms with van der Waals surface area (Å²) in [6, 6.07) is 6.41. The van der Waals surface area contributed by atoms with Crippen LogP contribution in [0, 0.1) is 5.92 Å². The molecule has 0 N–H and O–H groups in total. The molecule has 2 unspecified atom stereocenters. The number of carbonyl (C=O) groups excluding carboxylic acids is 2. The topological polar surface area (TPSA) is 70.8 Å². The molecule has 2 fully saturated rings. The van der Waals surface area contributed by atoms with E-state index in [1.165, 1.54) is 0 Å². The molecule has 3 aliphatic rings. The highest BCUT2D eigenvalue weighted by Gasteiger charge is 2.45. The number of nitrogens with zero attached hydrogens (tertiary/aromatic N) is 5. The van der Waals surface area contributed by atoms with E-state index in [0.717, 1.165) is 44.3 Å². The molecule has 3 aliphatic heterocycles. The molecule has 0 spiro atoms. The van der Waals surface area contributed by atoms with Crippen LogP contribution in [0.5, 0.6) is 0 Å². The fraction of sp³-hybridized carbons (Fsp3) is 0.500. The first-order valence-electron chi connectivity index (χ1n) is 11.6. The lowest BCUT2D eigenvalue weighted by Crippen LogP contribution is -2.52. The van der Waals surface area contributed by atoms with Crippen LogP contribution in [0.2, 0.25) is 10.0 Å². The standard InChI is InChI=1S/C24H27Cl2N5O2/c1-15-21(24(33)30-13-5-6-19(30)23(32)29-11-3-2-4-12-29)22(31-20(28-15)9-10-27-31)16-7-8-17(25)18(26)14-16/h7-10,14,19,21-22H,2-6,11-13H2,1H3/t19-,21?,22?/m0/s1. The predicted octanol–water partition coefficient (Wildman–Crippen LogP) is 4.51. The number of aromatic nitrogens is 2. The molecule has 0 aliphatic carbocycles. The largest absolute Gasteiger partial charge is 0.341 e. The maximum absolute atomic E-state index is 14.0. The molecule has 1 aromatic heterocycles. The van der Waals surface area contributed by atoms with Gasteiger partial charge in [0.1, 0.15) is 12.0 Å². The summed E-state index contributed by atoms with van der Waals surface area (Å²) in [7, 11) is 0. The minimum Gasteiger partial charge on any atom is -0.341 e. The van der Waals surface area contributed by atoms with Gasteiger partial charge >= 0.3 is 0 Å². The Morgan fingerprint density at radius 3 is 2.52 bits per heavy atom. The summed E-state index contributed by atoms with van der Waals surface area (Å²) in [5.74, 6) is 0.109. The SMILES string of the molecule is CC1=Nc2ccnn2C(c2ccc(Cl)c(Cl)c2)C1C(=O)N1CCC[C@H]1C(=O)N1CCCCC1. The highest BCUT2D eigenvalue weighted by atomic mass is 35.5. The third kappa shape index (κ3) is 4.06. The van der Waals surface area contributed by atoms with Crippen LogP contribution in [0.1, 0.15) is 50.6 Å². The van der Waals surface area contributed by atoms with Gasteiger partial charge in [0.05, 0.1) is 22.3 Å². The van der Waals surface area contributed by atoms with E-state index in [-0.39, 0.29) is 11.8 Å². The lowest BCUT2D eigenvalue weighted by atomic mass is 9.86. The van der Waals surface area contributed by atoms with Crippen molar-refractivity contribution < 1.29 is 9.59 Å². The van der Waals surface area contributed by atoms with E-state index in [1.54, 1.807) is 27.9 Å². The Morgan fingerprint density at radius 1 is 0.970 bits per heavy atom. The number of aliphatic imine (C=N–C) groups is 1. The van der Waals surface area contributed by atoms with Crippen LogP contribution in [-0.4, -0.2) is 62.8 Å². The summed E-state index contributed by atoms with van der Waals surface area (Å²) in [6.45, 7) is 4.02. The van der Waals surface area contributed by atoms with Gasteiger partial charge in [-0.1, -0.05) is 29.3 Å². The zero-order chi connectivity index (χ0) is 23.1. The molecule has 7 nitrogen and oxygen atoms in total. The van der Waals surface area contributed by atoms with E-state index in [0.29, 0.717) is 34.5 Å². The molecule has 0 bridgehead atoms. The summed E-state index contributed by atoms with van der Waals surface area (Å²) in [6.07, 6.45) is 6.43. The smallest absolute Gasteiger partial charge is 0.245 e. The number of hydrogen-bond acceptors (Lipinski definition) is 4. The Bertz CT molecular complexity index is 1110. The highest BCUT2D eigenvalue weighted by Crippen LogP contribution is 2.39. The van der Waals surface area contributed by atoms with Crippen LogP contribution >= 0.6 is 23.2 Å². The molecule has 2 amide bonds. The number of likely N-dealkylation sites (tertiary alicyclic amines) is 2. The Balaban J connectivity index is 1.49. The van der Waals surface area contributed by atoms with Crippen molar-refractivity contribution in [1.82, 2.24) is 19.6 Å². The molecule has 4 heterocycles. The maximum Gasteiger partial charge on any atom is 0.245 e. The summed E-state index contributed by atoms with van der Waals surface area (Å²) in [5, 5.41) is 5.36. The van der Waals surface area contributed by atoms with Gasteiger partial charge in [-0.25, -0.2) is 9.67 Å². The number of fused-ring (bicyclic) bond motifs is 1. The quantitative estimate of drug-likeness (QED) is 0.639. The maximum atomic E-state index is 14.0. The Labute approximate surface area is 203 Å². The van der Waals surface area contributed by atoms with Crippen LogP contribution in [0.15, 0.2) is 35.5 Å². The number of hydrogen-bond donors (Lipinski definition) is 0. The van der Waals surface area contributed by atoms with E-state index in [9.17, 15) is 9.59 Å². The molecule has 174 valence electrons. The van der Waals surface area contributed by atoms with E-state index < -0.39 is 18.0 Å². The number of halogens is 2. The first kappa shape index (κ1) is 22.4. The highest BCUT2D eigenvalue weighted by molar-refractivity contribution is 6.42. The average molecular weight is 488 g/mol. The van der Waals surface area contributed by atoms with Crippen molar-refractivity contribution in [3.05, 3.63) is 46.1 Å². The van der Waals surface area contributed by atoms with Crippen molar-refractivity contribution in [3.63, 3.8) is 0 Å². The van der Waals surface area contributed by atoms with Gasteiger partial charge in [0.15, 0.2) is 5.82 Å². The molecular weight excluding hydrogens is 461 g/mol. The molecular formula is C24H27Cl2N5O2. The fourth-order valence-electron chi connectivity index (χ4n) is 5.36. The molecule has 2 aromatic rings. The molecule has 3 atom stereocenters. The van der Waals surface area contributed by atoms with Gasteiger partial charge in [-0.05, 0) is 56.7 Å². The Morgan fingerprint density at radius 2 is 1.76 bits per heavy atom. The minimum absolute atomic E-state index is 0.0804. The molecule has 0 radical (unpaired) electrons. The number of carbonyl (C=O) groups is 2. The second-order valence-electron chi connectivity index (χ2n) is 9.06. The van der Waals surface area contributed by atoms with Crippen LogP contribution in [-0.2, 0) is 9.59 Å². The van der Waals surface area contributed by atoms with Crippen LogP contribution in [0.25, 0.3) is 0 Å². The van der Waals surface area contributed by atoms with Crippen LogP contribution in [0.4, 0.5) is 5.82 Å². The van der Waals surface area contributed by atoms with Crippen molar-refractivity contribution in [2.75, 3.05) is 19.6 Å². The van der Waals surface area contributed by atoms with Gasteiger partial charge in [0, 0.05) is 31.4 Å². The van der Waals surface area contributed by atoms with Gasteiger partial charge in [-0.3, -0.25) is 9.59 Å². The van der Waals surface area contributed by atoms with Crippen LogP contribution in [0.3, 0.4) is 0 Å². The molecule has 5 rings (SSSR count). The molecule has 33 heavy (non-hydrogen) atoms. The normalized spacial score (nSPS) is 25.1. The zero-order valence-electron chi connectivity index (χ0n) is 18.6. The number of benzene rings is 1. The summed E-state index contributed by atoms with van der Waals surface area (Å²) in [4.78, 5) is 35.8. The van der Waals surface area contributed by atoms with Crippen molar-refractivity contribution in [3.8, 4) is 0 Å². The second kappa shape index (κ2) is 9.11. The van der Waals surface area contributed by atoms with Crippen molar-refractivity contribution in [2.24, 2.45) is 10.9 Å². The zero-order valence-corrected chi connectivity index (χ0v) is 20.1. The molecule has 1 aromatic carbocycles. The predicted molar refractivity (Wildman–Crippen MR) is 128 cm³/mol. The van der Waals surface area contributed by atoms with E-state index in [2.05, 4.69) is 10.1 Å². The first-order chi connectivity index (χ1) is 16.0. The minimum atomic E-state index is -0.579. The number of piperidine rings is 1. The fourth-order valence-corrected chi connectivity index (χ4v) is 5.67. The van der Waals surface area contributed by atoms with Gasteiger partial charge in [0.25, 0.3) is 0 Å². The second-order valence-corrected chi connectivity index (χ2v) is 9.87. The van der Waals surface area contributed by atoms with Gasteiger partial charge in [-0.2, -0.15) is 5.10 Å². The van der Waals surface area contributed by atoms with Crippen molar-refractivity contribution >= 4 is 46.5 Å². The van der Waals surface area contributed by atoms with E-state index in [4.69, 9.17) is 23.2 Å². The summed E-state index contributed by atoms with van der Waals surface area (Å²) < 4.78 is 1.77. The Kier molecular flexibility index (Phi) is 6.18. The lowest BCUT2D eigenvalue weighted by Gasteiger charge is -2.37. The monoisotopic (exact) mass is 487 g/mol. The van der Waals surface area contributed by atoms with Crippen molar-refractivity contribution in [2.45, 2.75) is 51.1 Å². The number of amides is 2. The van der Waals surface area contributed by atoms with E-state index >= 15 is 0 Å². The number of rotatable bonds is 3. The van der Waals surface area contributed by atoms with Gasteiger partial charge in [0.2, 0.25) is 11.8 Å². The third-order valence-electron chi connectivity index (χ3n) is 7.01. The summed E-state index contributed by atoms with van der Waals surface area (Å²) in [5.41, 5.74) is 1.54. The van der Waals surface area contributed by atoms with E-state index in [1.807, 2.05) is 24.0 Å². The lowest BCUT2D eigenvalue weighted by molar-refractivity contribution is -0.146. The average Bonchev–Trinajstić information content (AvgIpc) is 3.49. The Hall–Kier alpha value is -2.38. The summed E-state index contributed by atoms with van der Waals surface area (Å²) >= 11 is 12.5. The third-order valence-corrected chi connectivity index (χ3v) is 7.75. The van der Waals surface area contributed by atoms with Crippen molar-refractivity contribution in [1.29, 1.82) is 0 Å². The molecule has 2 saturated heterocycles. The molecule has 9 heteroatoms.